The van der Waals surface area contributed by atoms with E-state index in [4.69, 9.17) is 9.84 Å². The predicted molar refractivity (Wildman–Crippen MR) is 46.9 cm³/mol. The molecule has 0 saturated carbocycles. The van der Waals surface area contributed by atoms with Crippen molar-refractivity contribution in [2.45, 2.75) is 19.4 Å². The van der Waals surface area contributed by atoms with Crippen LogP contribution in [0.4, 0.5) is 0 Å². The summed E-state index contributed by atoms with van der Waals surface area (Å²) in [7, 11) is 0. The van der Waals surface area contributed by atoms with Gasteiger partial charge in [0.05, 0.1) is 12.5 Å². The van der Waals surface area contributed by atoms with E-state index in [1.807, 2.05) is 6.08 Å². The first kappa shape index (κ1) is 8.75. The Bertz CT molecular complexity index is 247. The zero-order valence-corrected chi connectivity index (χ0v) is 7.64. The number of cyclic esters (lactones) is 1. The highest BCUT2D eigenvalue weighted by molar-refractivity contribution is 5.76. The lowest BCUT2D eigenvalue weighted by Crippen LogP contribution is -2.25. The molecule has 0 amide bonds. The normalized spacial score (nSPS) is 43.1. The third-order valence-electron chi connectivity index (χ3n) is 2.93. The number of allylic oxidation sites excluding steroid dienone is 1. The summed E-state index contributed by atoms with van der Waals surface area (Å²) in [4.78, 5) is 11.4. The van der Waals surface area contributed by atoms with Crippen LogP contribution in [-0.2, 0) is 9.53 Å². The first-order valence-electron chi connectivity index (χ1n) is 4.72. The van der Waals surface area contributed by atoms with Gasteiger partial charge in [0, 0.05) is 5.92 Å². The lowest BCUT2D eigenvalue weighted by Gasteiger charge is -2.22. The van der Waals surface area contributed by atoms with Crippen LogP contribution in [0.5, 0.6) is 0 Å². The molecule has 0 aromatic rings. The predicted octanol–water partition coefficient (Wildman–Crippen LogP) is 0.733. The van der Waals surface area contributed by atoms with Crippen LogP contribution in [0.15, 0.2) is 12.2 Å². The Kier molecular flexibility index (Phi) is 2.12. The largest absolute Gasteiger partial charge is 0.459 e. The number of rotatable bonds is 1. The number of carbonyl (C=O) groups excluding carboxylic acids is 1. The Hall–Kier alpha value is -0.830. The van der Waals surface area contributed by atoms with E-state index < -0.39 is 0 Å². The Morgan fingerprint density at radius 3 is 3.08 bits per heavy atom. The van der Waals surface area contributed by atoms with Crippen LogP contribution in [0.25, 0.3) is 0 Å². The lowest BCUT2D eigenvalue weighted by atomic mass is 9.79. The van der Waals surface area contributed by atoms with E-state index >= 15 is 0 Å². The molecule has 1 aliphatic heterocycles. The second-order valence-corrected chi connectivity index (χ2v) is 3.94. The van der Waals surface area contributed by atoms with Gasteiger partial charge in [0.15, 0.2) is 0 Å². The molecule has 2 aliphatic rings. The minimum absolute atomic E-state index is 0.0165. The molecule has 72 valence electrons. The van der Waals surface area contributed by atoms with Crippen LogP contribution in [0.3, 0.4) is 0 Å². The number of carbonyl (C=O) groups is 1. The Labute approximate surface area is 77.4 Å². The number of hydrogen-bond donors (Lipinski definition) is 1. The molecule has 4 atom stereocenters. The lowest BCUT2D eigenvalue weighted by molar-refractivity contribution is -0.145. The SMILES string of the molecule is C[C@H]1C=C[C@H]2[C@H](CO)OC(=O)[C@H]2C1. The highest BCUT2D eigenvalue weighted by Gasteiger charge is 2.44. The zero-order valence-electron chi connectivity index (χ0n) is 7.64. The molecule has 1 N–H and O–H groups in total. The van der Waals surface area contributed by atoms with Crippen LogP contribution < -0.4 is 0 Å². The highest BCUT2D eigenvalue weighted by atomic mass is 16.6. The molecule has 3 nitrogen and oxygen atoms in total. The van der Waals surface area contributed by atoms with Gasteiger partial charge in [-0.15, -0.1) is 0 Å². The summed E-state index contributed by atoms with van der Waals surface area (Å²) < 4.78 is 5.07. The molecular formula is C10H14O3. The Morgan fingerprint density at radius 2 is 2.38 bits per heavy atom. The first-order valence-corrected chi connectivity index (χ1v) is 4.72. The molecular weight excluding hydrogens is 168 g/mol. The number of hydrogen-bond acceptors (Lipinski definition) is 3. The van der Waals surface area contributed by atoms with Crippen molar-refractivity contribution in [3.05, 3.63) is 12.2 Å². The topological polar surface area (TPSA) is 46.5 Å². The molecule has 1 saturated heterocycles. The quantitative estimate of drug-likeness (QED) is 0.480. The van der Waals surface area contributed by atoms with E-state index in [1.165, 1.54) is 0 Å². The number of aliphatic hydroxyl groups excluding tert-OH is 1. The van der Waals surface area contributed by atoms with Crippen LogP contribution in [0.2, 0.25) is 0 Å². The maximum absolute atomic E-state index is 11.4. The minimum atomic E-state index is -0.304. The van der Waals surface area contributed by atoms with Gasteiger partial charge >= 0.3 is 5.97 Å². The van der Waals surface area contributed by atoms with Gasteiger partial charge in [0.2, 0.25) is 0 Å². The van der Waals surface area contributed by atoms with Crippen LogP contribution in [-0.4, -0.2) is 23.8 Å². The second kappa shape index (κ2) is 3.14. The molecule has 0 aromatic heterocycles. The molecule has 1 fully saturated rings. The maximum Gasteiger partial charge on any atom is 0.310 e. The van der Waals surface area contributed by atoms with Gasteiger partial charge in [-0.3, -0.25) is 4.79 Å². The fourth-order valence-corrected chi connectivity index (χ4v) is 2.20. The summed E-state index contributed by atoms with van der Waals surface area (Å²) in [6.45, 7) is 2.03. The molecule has 0 aromatic carbocycles. The van der Waals surface area contributed by atoms with Crippen molar-refractivity contribution in [3.63, 3.8) is 0 Å². The van der Waals surface area contributed by atoms with Crippen LogP contribution in [0, 0.1) is 17.8 Å². The van der Waals surface area contributed by atoms with E-state index in [2.05, 4.69) is 13.0 Å². The molecule has 13 heavy (non-hydrogen) atoms. The van der Waals surface area contributed by atoms with Gasteiger partial charge in [-0.2, -0.15) is 0 Å². The van der Waals surface area contributed by atoms with Gasteiger partial charge in [0.1, 0.15) is 6.10 Å². The van der Waals surface area contributed by atoms with Crippen molar-refractivity contribution in [3.8, 4) is 0 Å². The van der Waals surface area contributed by atoms with E-state index in [1.54, 1.807) is 0 Å². The van der Waals surface area contributed by atoms with Gasteiger partial charge in [0.25, 0.3) is 0 Å². The van der Waals surface area contributed by atoms with Gasteiger partial charge < -0.3 is 9.84 Å². The first-order chi connectivity index (χ1) is 6.22. The molecule has 0 radical (unpaired) electrons. The minimum Gasteiger partial charge on any atom is -0.459 e. The van der Waals surface area contributed by atoms with Crippen molar-refractivity contribution < 1.29 is 14.6 Å². The van der Waals surface area contributed by atoms with E-state index in [-0.39, 0.29) is 30.5 Å². The fraction of sp³-hybridized carbons (Fsp3) is 0.700. The summed E-state index contributed by atoms with van der Waals surface area (Å²) in [6.07, 6.45) is 4.67. The van der Waals surface area contributed by atoms with Crippen molar-refractivity contribution in [2.24, 2.45) is 17.8 Å². The third kappa shape index (κ3) is 1.37. The highest BCUT2D eigenvalue weighted by Crippen LogP contribution is 2.37. The average molecular weight is 182 g/mol. The summed E-state index contributed by atoms with van der Waals surface area (Å²) >= 11 is 0. The fourth-order valence-electron chi connectivity index (χ4n) is 2.20. The monoisotopic (exact) mass is 182 g/mol. The number of fused-ring (bicyclic) bond motifs is 1. The Morgan fingerprint density at radius 1 is 1.62 bits per heavy atom. The van der Waals surface area contributed by atoms with Crippen molar-refractivity contribution >= 4 is 5.97 Å². The molecule has 1 aliphatic carbocycles. The van der Waals surface area contributed by atoms with E-state index in [0.717, 1.165) is 6.42 Å². The van der Waals surface area contributed by atoms with Crippen molar-refractivity contribution in [2.75, 3.05) is 6.61 Å². The van der Waals surface area contributed by atoms with Gasteiger partial charge in [-0.05, 0) is 12.3 Å². The Balaban J connectivity index is 2.20. The van der Waals surface area contributed by atoms with Gasteiger partial charge in [-0.25, -0.2) is 0 Å². The average Bonchev–Trinajstić information content (AvgIpc) is 2.43. The zero-order chi connectivity index (χ0) is 9.42. The molecule has 0 spiro atoms. The summed E-state index contributed by atoms with van der Waals surface area (Å²) in [5, 5.41) is 8.98. The smallest absolute Gasteiger partial charge is 0.310 e. The van der Waals surface area contributed by atoms with Crippen molar-refractivity contribution in [1.29, 1.82) is 0 Å². The number of esters is 1. The van der Waals surface area contributed by atoms with E-state index in [9.17, 15) is 4.79 Å². The van der Waals surface area contributed by atoms with Crippen LogP contribution in [0.1, 0.15) is 13.3 Å². The molecule has 1 heterocycles. The number of aliphatic hydroxyl groups is 1. The second-order valence-electron chi connectivity index (χ2n) is 3.94. The van der Waals surface area contributed by atoms with E-state index in [0.29, 0.717) is 5.92 Å². The summed E-state index contributed by atoms with van der Waals surface area (Å²) in [5.41, 5.74) is 0. The maximum atomic E-state index is 11.4. The molecule has 2 rings (SSSR count). The third-order valence-corrected chi connectivity index (χ3v) is 2.93. The molecule has 0 unspecified atom stereocenters. The summed E-state index contributed by atoms with van der Waals surface area (Å²) in [5.74, 6) is 0.400. The molecule has 3 heteroatoms. The van der Waals surface area contributed by atoms with Crippen LogP contribution >= 0.6 is 0 Å². The van der Waals surface area contributed by atoms with Gasteiger partial charge in [-0.1, -0.05) is 19.1 Å². The molecule has 0 bridgehead atoms. The number of ether oxygens (including phenoxy) is 1. The van der Waals surface area contributed by atoms with Crippen molar-refractivity contribution in [1.82, 2.24) is 0 Å². The summed E-state index contributed by atoms with van der Waals surface area (Å²) in [6, 6.07) is 0. The standard InChI is InChI=1S/C10H14O3/c1-6-2-3-7-8(4-6)10(12)13-9(7)5-11/h2-3,6-9,11H,4-5H2,1H3/t6-,7+,8-,9-/m0/s1.